The molecule has 0 bridgehead atoms. The fourth-order valence-electron chi connectivity index (χ4n) is 7.02. The van der Waals surface area contributed by atoms with Gasteiger partial charge in [-0.3, -0.25) is 24.0 Å². The van der Waals surface area contributed by atoms with E-state index in [1.165, 1.54) is 15.8 Å². The summed E-state index contributed by atoms with van der Waals surface area (Å²) < 4.78 is 1.44. The number of amides is 5. The maximum absolute atomic E-state index is 14.7. The van der Waals surface area contributed by atoms with Crippen LogP contribution in [-0.2, 0) is 24.8 Å². The van der Waals surface area contributed by atoms with Gasteiger partial charge in [0.1, 0.15) is 23.7 Å². The first-order valence-electron chi connectivity index (χ1n) is 17.1. The van der Waals surface area contributed by atoms with Gasteiger partial charge in [0.25, 0.3) is 11.8 Å². The van der Waals surface area contributed by atoms with E-state index in [-0.39, 0.29) is 18.9 Å². The fraction of sp³-hybridized carbons (Fsp3) is 0.486. The number of fused-ring (bicyclic) bond motifs is 1. The van der Waals surface area contributed by atoms with Crippen LogP contribution in [0, 0.1) is 5.92 Å². The molecule has 0 spiro atoms. The quantitative estimate of drug-likeness (QED) is 0.140. The minimum absolute atomic E-state index is 0.0391. The van der Waals surface area contributed by atoms with E-state index in [2.05, 4.69) is 20.9 Å². The first-order chi connectivity index (χ1) is 24.2. The minimum atomic E-state index is -1.65. The summed E-state index contributed by atoms with van der Waals surface area (Å²) in [6.07, 6.45) is 5.00. The zero-order chi connectivity index (χ0) is 36.9. The third kappa shape index (κ3) is 8.86. The lowest BCUT2D eigenvalue weighted by atomic mass is 9.84. The Morgan fingerprint density at radius 1 is 0.980 bits per heavy atom. The number of aromatic nitrogens is 3. The summed E-state index contributed by atoms with van der Waals surface area (Å²) in [6, 6.07) is 8.26. The first-order valence-corrected chi connectivity index (χ1v) is 17.1. The standard InChI is InChI=1S/C35H44N8O8/c1-35(2,51)28-18-38-41-43(28)24-16-27(32(47)40-26(17-37-34(49)50)29(44)30(36)45)42(19-24)33(48)25(14-20-8-4-3-5-9-20)39-31(46)23-13-12-21-10-6-7-11-22(21)15-23/h6-7,10-13,15,18,20,24-27,37,51H,3-5,8-9,14,16-17,19H2,1-2H3,(H2,36,45)(H,39,46)(H,40,47)(H,49,50)/t24-,25+,26?,27-/m0/s1. The van der Waals surface area contributed by atoms with Crippen molar-refractivity contribution in [2.24, 2.45) is 11.7 Å². The number of carbonyl (C=O) groups is 6. The molecule has 1 saturated carbocycles. The largest absolute Gasteiger partial charge is 0.465 e. The Hall–Kier alpha value is -5.38. The molecule has 7 N–H and O–H groups in total. The van der Waals surface area contributed by atoms with Gasteiger partial charge in [0, 0.05) is 25.1 Å². The number of aliphatic hydroxyl groups is 1. The molecule has 16 nitrogen and oxygen atoms in total. The number of benzene rings is 2. The first kappa shape index (κ1) is 36.9. The average Bonchev–Trinajstić information content (AvgIpc) is 3.78. The monoisotopic (exact) mass is 704 g/mol. The van der Waals surface area contributed by atoms with Crippen LogP contribution < -0.4 is 21.7 Å². The summed E-state index contributed by atoms with van der Waals surface area (Å²) in [7, 11) is 0. The number of carbonyl (C=O) groups excluding carboxylic acids is 5. The molecule has 5 amide bonds. The van der Waals surface area contributed by atoms with Gasteiger partial charge in [-0.1, -0.05) is 67.6 Å². The van der Waals surface area contributed by atoms with Crippen molar-refractivity contribution >= 4 is 46.3 Å². The number of hydrogen-bond acceptors (Lipinski definition) is 9. The summed E-state index contributed by atoms with van der Waals surface area (Å²) in [5.41, 5.74) is 4.50. The van der Waals surface area contributed by atoms with Crippen LogP contribution in [0.2, 0.25) is 0 Å². The maximum atomic E-state index is 14.7. The lowest BCUT2D eigenvalue weighted by molar-refractivity contribution is -0.142. The van der Waals surface area contributed by atoms with Crippen molar-refractivity contribution in [2.45, 2.75) is 88.6 Å². The Morgan fingerprint density at radius 2 is 1.69 bits per heavy atom. The molecule has 16 heteroatoms. The molecule has 2 fully saturated rings. The minimum Gasteiger partial charge on any atom is -0.465 e. The van der Waals surface area contributed by atoms with Crippen molar-refractivity contribution in [3.63, 3.8) is 0 Å². The lowest BCUT2D eigenvalue weighted by Gasteiger charge is -2.32. The van der Waals surface area contributed by atoms with Crippen LogP contribution in [0.5, 0.6) is 0 Å². The van der Waals surface area contributed by atoms with Crippen molar-refractivity contribution in [3.8, 4) is 0 Å². The van der Waals surface area contributed by atoms with Crippen molar-refractivity contribution in [1.82, 2.24) is 35.8 Å². The zero-order valence-corrected chi connectivity index (χ0v) is 28.6. The van der Waals surface area contributed by atoms with Gasteiger partial charge in [-0.15, -0.1) is 5.10 Å². The Labute approximate surface area is 294 Å². The molecule has 2 aromatic carbocycles. The third-order valence-corrected chi connectivity index (χ3v) is 9.65. The second-order valence-corrected chi connectivity index (χ2v) is 13.8. The number of nitrogens with zero attached hydrogens (tertiary/aromatic N) is 4. The summed E-state index contributed by atoms with van der Waals surface area (Å²) in [5.74, 6) is -4.32. The highest BCUT2D eigenvalue weighted by molar-refractivity contribution is 6.38. The number of hydrogen-bond donors (Lipinski definition) is 6. The summed E-state index contributed by atoms with van der Waals surface area (Å²) >= 11 is 0. The molecule has 4 atom stereocenters. The van der Waals surface area contributed by atoms with E-state index in [4.69, 9.17) is 10.8 Å². The normalized spacial score (nSPS) is 19.2. The van der Waals surface area contributed by atoms with Crippen LogP contribution in [0.3, 0.4) is 0 Å². The second-order valence-electron chi connectivity index (χ2n) is 13.8. The molecule has 1 aromatic heterocycles. The summed E-state index contributed by atoms with van der Waals surface area (Å²) in [4.78, 5) is 79.2. The zero-order valence-electron chi connectivity index (χ0n) is 28.6. The van der Waals surface area contributed by atoms with Crippen LogP contribution in [0.15, 0.2) is 48.7 Å². The second kappa shape index (κ2) is 15.7. The van der Waals surface area contributed by atoms with Crippen molar-refractivity contribution in [1.29, 1.82) is 0 Å². The number of carboxylic acid groups (broad SMARTS) is 1. The topological polar surface area (TPSA) is 239 Å². The Kier molecular flexibility index (Phi) is 11.3. The van der Waals surface area contributed by atoms with Crippen LogP contribution in [0.1, 0.15) is 80.9 Å². The predicted octanol–water partition coefficient (Wildman–Crippen LogP) is 1.38. The van der Waals surface area contributed by atoms with Crippen molar-refractivity contribution in [3.05, 3.63) is 59.9 Å². The van der Waals surface area contributed by atoms with Crippen molar-refractivity contribution in [2.75, 3.05) is 13.1 Å². The molecule has 272 valence electrons. The highest BCUT2D eigenvalue weighted by Gasteiger charge is 2.45. The molecule has 1 aliphatic carbocycles. The van der Waals surface area contributed by atoms with Gasteiger partial charge in [0.15, 0.2) is 0 Å². The van der Waals surface area contributed by atoms with Gasteiger partial charge in [-0.05, 0) is 49.1 Å². The van der Waals surface area contributed by atoms with Gasteiger partial charge >= 0.3 is 6.09 Å². The number of primary amides is 1. The van der Waals surface area contributed by atoms with Crippen molar-refractivity contribution < 1.29 is 39.0 Å². The number of likely N-dealkylation sites (tertiary alicyclic amines) is 1. The van der Waals surface area contributed by atoms with Gasteiger partial charge < -0.3 is 36.8 Å². The SMILES string of the molecule is CC(C)(O)c1cnnn1[C@H]1C[C@@H](C(=O)NC(CNC(=O)O)C(=O)C(N)=O)N(C(=O)[C@@H](CC2CCCCC2)NC(=O)c2ccc3ccccc3c2)C1. The predicted molar refractivity (Wildman–Crippen MR) is 183 cm³/mol. The summed E-state index contributed by atoms with van der Waals surface area (Å²) in [5, 5.41) is 37.1. The number of ketones is 1. The van der Waals surface area contributed by atoms with E-state index in [0.29, 0.717) is 17.7 Å². The van der Waals surface area contributed by atoms with Crippen LogP contribution in [0.4, 0.5) is 4.79 Å². The highest BCUT2D eigenvalue weighted by atomic mass is 16.4. The lowest BCUT2D eigenvalue weighted by Crippen LogP contribution is -2.58. The number of nitrogens with two attached hydrogens (primary N) is 1. The molecule has 2 aliphatic rings. The van der Waals surface area contributed by atoms with E-state index >= 15 is 0 Å². The Morgan fingerprint density at radius 3 is 2.35 bits per heavy atom. The van der Waals surface area contributed by atoms with Crippen LogP contribution >= 0.6 is 0 Å². The number of nitrogens with one attached hydrogen (secondary N) is 3. The molecular weight excluding hydrogens is 660 g/mol. The van der Waals surface area contributed by atoms with E-state index in [1.54, 1.807) is 26.0 Å². The van der Waals surface area contributed by atoms with Gasteiger partial charge in [0.05, 0.1) is 17.9 Å². The molecule has 3 aromatic rings. The molecule has 1 aliphatic heterocycles. The maximum Gasteiger partial charge on any atom is 0.404 e. The molecule has 0 radical (unpaired) electrons. The average molecular weight is 705 g/mol. The number of Topliss-reactive ketones (excluding diaryl/α,β-unsaturated/α-hetero) is 1. The molecule has 1 saturated heterocycles. The molecule has 1 unspecified atom stereocenters. The van der Waals surface area contributed by atoms with Crippen LogP contribution in [-0.4, -0.2) is 96.8 Å². The van der Waals surface area contributed by atoms with Gasteiger partial charge in [-0.25, -0.2) is 9.48 Å². The van der Waals surface area contributed by atoms with E-state index in [1.807, 2.05) is 35.6 Å². The van der Waals surface area contributed by atoms with E-state index in [9.17, 15) is 33.9 Å². The molecule has 2 heterocycles. The fourth-order valence-corrected chi connectivity index (χ4v) is 7.02. The summed E-state index contributed by atoms with van der Waals surface area (Å²) in [6.45, 7) is 2.37. The van der Waals surface area contributed by atoms with E-state index in [0.717, 1.165) is 42.9 Å². The third-order valence-electron chi connectivity index (χ3n) is 9.65. The molecule has 5 rings (SSSR count). The van der Waals surface area contributed by atoms with E-state index < -0.39 is 71.8 Å². The van der Waals surface area contributed by atoms with Gasteiger partial charge in [0.2, 0.25) is 17.6 Å². The highest BCUT2D eigenvalue weighted by Crippen LogP contribution is 2.33. The number of rotatable bonds is 13. The Bertz CT molecular complexity index is 1800. The molecule has 51 heavy (non-hydrogen) atoms. The molecular formula is C35H44N8O8. The smallest absolute Gasteiger partial charge is 0.404 e. The van der Waals surface area contributed by atoms with Crippen LogP contribution in [0.25, 0.3) is 10.8 Å². The Balaban J connectivity index is 1.47. The van der Waals surface area contributed by atoms with Gasteiger partial charge in [-0.2, -0.15) is 0 Å².